The van der Waals surface area contributed by atoms with Gasteiger partial charge >= 0.3 is 12.1 Å². The smallest absolute Gasteiger partial charge is 0.408 e. The fourth-order valence-electron chi connectivity index (χ4n) is 4.32. The van der Waals surface area contributed by atoms with Crippen LogP contribution >= 0.6 is 12.6 Å². The Bertz CT molecular complexity index is 1300. The first kappa shape index (κ1) is 34.1. The van der Waals surface area contributed by atoms with E-state index in [0.717, 1.165) is 11.1 Å². The Balaban J connectivity index is 0.00000197. The van der Waals surface area contributed by atoms with E-state index in [-0.39, 0.29) is 24.3 Å². The minimum absolute atomic E-state index is 0.114. The number of benzene rings is 2. The van der Waals surface area contributed by atoms with Crippen LogP contribution in [0.4, 0.5) is 10.5 Å². The molecule has 0 fully saturated rings. The number of nitrogens with two attached hydrogens (primary N) is 1. The first-order chi connectivity index (χ1) is 19.5. The number of carbonyl (C=O) groups excluding carboxylic acids is 5. The molecule has 3 rings (SSSR count). The molecule has 2 atom stereocenters. The summed E-state index contributed by atoms with van der Waals surface area (Å²) in [5, 5.41) is 5.59. The summed E-state index contributed by atoms with van der Waals surface area (Å²) in [7, 11) is 1.30. The number of alkyl carbamates (subject to hydrolysis) is 1. The molecular formula is C30H40N4O7S. The fourth-order valence-corrected chi connectivity index (χ4v) is 4.50. The number of nitrogens with one attached hydrogen (secondary N) is 2. The van der Waals surface area contributed by atoms with Crippen molar-refractivity contribution in [3.63, 3.8) is 0 Å². The molecule has 0 aromatic heterocycles. The minimum atomic E-state index is -0.921. The van der Waals surface area contributed by atoms with Crippen molar-refractivity contribution in [2.75, 3.05) is 12.4 Å². The lowest BCUT2D eigenvalue weighted by atomic mass is 9.92. The normalized spacial score (nSPS) is 15.1. The highest BCUT2D eigenvalue weighted by Crippen LogP contribution is 2.29. The van der Waals surface area contributed by atoms with Gasteiger partial charge in [0.25, 0.3) is 5.91 Å². The summed E-state index contributed by atoms with van der Waals surface area (Å²) in [5.41, 5.74) is 6.75. The number of primary amides is 1. The lowest BCUT2D eigenvalue weighted by Crippen LogP contribution is -2.59. The van der Waals surface area contributed by atoms with Crippen LogP contribution in [0.3, 0.4) is 0 Å². The standard InChI is InChI=1S/C29H37N3O6S.CH3NO/c1-17-14-20-12-13-22(30-24(33)18-8-10-19(11-9-18)26(35)37-7)15-21(20)16-32(17)25(34)23(29(5,6)39)31-27(36)38-28(2,3)4;2-1-3/h8-13,15,17,23,39H,14,16H2,1-7H3,(H,30,33)(H,31,36);1H,(H2,2,3). The Labute approximate surface area is 251 Å². The average Bonchev–Trinajstić information content (AvgIpc) is 2.89. The number of nitrogens with zero attached hydrogens (tertiary/aromatic N) is 1. The van der Waals surface area contributed by atoms with Crippen molar-refractivity contribution >= 4 is 48.6 Å². The Morgan fingerprint density at radius 1 is 1.02 bits per heavy atom. The molecule has 4 amide bonds. The molecule has 0 aliphatic carbocycles. The molecule has 0 bridgehead atoms. The van der Waals surface area contributed by atoms with Crippen LogP contribution in [0.25, 0.3) is 0 Å². The fraction of sp³-hybridized carbons (Fsp3) is 0.433. The Morgan fingerprint density at radius 3 is 2.12 bits per heavy atom. The number of esters is 1. The molecule has 4 N–H and O–H groups in total. The van der Waals surface area contributed by atoms with Gasteiger partial charge in [-0.25, -0.2) is 9.59 Å². The molecule has 0 saturated heterocycles. The zero-order valence-electron chi connectivity index (χ0n) is 25.0. The van der Waals surface area contributed by atoms with Crippen LogP contribution < -0.4 is 16.4 Å². The molecule has 2 aromatic rings. The van der Waals surface area contributed by atoms with Crippen LogP contribution in [-0.4, -0.2) is 64.7 Å². The van der Waals surface area contributed by atoms with E-state index in [4.69, 9.17) is 14.3 Å². The predicted molar refractivity (Wildman–Crippen MR) is 162 cm³/mol. The number of thiol groups is 1. The summed E-state index contributed by atoms with van der Waals surface area (Å²) >= 11 is 4.60. The number of anilines is 1. The van der Waals surface area contributed by atoms with Crippen molar-refractivity contribution in [3.8, 4) is 0 Å². The second-order valence-corrected chi connectivity index (χ2v) is 12.5. The van der Waals surface area contributed by atoms with E-state index in [1.165, 1.54) is 19.2 Å². The van der Waals surface area contributed by atoms with E-state index in [1.807, 2.05) is 25.1 Å². The third kappa shape index (κ3) is 9.51. The Morgan fingerprint density at radius 2 is 1.60 bits per heavy atom. The van der Waals surface area contributed by atoms with Gasteiger partial charge in [0.05, 0.1) is 12.7 Å². The first-order valence-corrected chi connectivity index (χ1v) is 13.7. The second-order valence-electron chi connectivity index (χ2n) is 11.4. The van der Waals surface area contributed by atoms with Crippen LogP contribution in [-0.2, 0) is 32.0 Å². The van der Waals surface area contributed by atoms with E-state index in [0.29, 0.717) is 29.8 Å². The van der Waals surface area contributed by atoms with Gasteiger partial charge in [0.15, 0.2) is 0 Å². The van der Waals surface area contributed by atoms with Crippen LogP contribution in [0.5, 0.6) is 0 Å². The van der Waals surface area contributed by atoms with E-state index < -0.39 is 28.5 Å². The number of carbonyl (C=O) groups is 5. The summed E-state index contributed by atoms with van der Waals surface area (Å²) in [4.78, 5) is 61.0. The molecule has 12 heteroatoms. The highest BCUT2D eigenvalue weighted by atomic mass is 32.1. The van der Waals surface area contributed by atoms with Crippen molar-refractivity contribution in [2.24, 2.45) is 5.73 Å². The molecule has 2 unspecified atom stereocenters. The van der Waals surface area contributed by atoms with Crippen molar-refractivity contribution < 1.29 is 33.4 Å². The predicted octanol–water partition coefficient (Wildman–Crippen LogP) is 3.70. The topological polar surface area (TPSA) is 157 Å². The van der Waals surface area contributed by atoms with Gasteiger partial charge in [-0.15, -0.1) is 0 Å². The molecule has 1 aliphatic rings. The van der Waals surface area contributed by atoms with Crippen LogP contribution in [0.15, 0.2) is 42.5 Å². The quantitative estimate of drug-likeness (QED) is 0.224. The SMILES string of the molecule is COC(=O)c1ccc(C(=O)Nc2ccc3c(c2)CN(C(=O)C(NC(=O)OC(C)(C)C)C(C)(C)S)C(C)C3)cc1.NC=O. The van der Waals surface area contributed by atoms with Gasteiger partial charge in [-0.05, 0) is 95.5 Å². The summed E-state index contributed by atoms with van der Waals surface area (Å²) < 4.78 is 9.22. The summed E-state index contributed by atoms with van der Waals surface area (Å²) in [6.45, 7) is 11.1. The number of ether oxygens (including phenoxy) is 2. The molecule has 1 aliphatic heterocycles. The van der Waals surface area contributed by atoms with Gasteiger partial charge < -0.3 is 30.7 Å². The molecule has 11 nitrogen and oxygen atoms in total. The summed E-state index contributed by atoms with van der Waals surface area (Å²) in [6.07, 6.45) is 0.189. The molecule has 1 heterocycles. The third-order valence-corrected chi connectivity index (χ3v) is 6.58. The zero-order chi connectivity index (χ0) is 31.8. The zero-order valence-corrected chi connectivity index (χ0v) is 25.9. The van der Waals surface area contributed by atoms with E-state index >= 15 is 0 Å². The van der Waals surface area contributed by atoms with Crippen molar-refractivity contribution in [1.29, 1.82) is 0 Å². The first-order valence-electron chi connectivity index (χ1n) is 13.3. The van der Waals surface area contributed by atoms with Gasteiger partial charge in [-0.3, -0.25) is 14.4 Å². The number of hydrogen-bond donors (Lipinski definition) is 4. The Kier molecular flexibility index (Phi) is 11.6. The number of amides is 4. The number of methoxy groups -OCH3 is 1. The van der Waals surface area contributed by atoms with Crippen molar-refractivity contribution in [2.45, 2.75) is 76.9 Å². The lowest BCUT2D eigenvalue weighted by Gasteiger charge is -2.40. The summed E-state index contributed by atoms with van der Waals surface area (Å²) in [6, 6.07) is 10.8. The van der Waals surface area contributed by atoms with Crippen LogP contribution in [0, 0.1) is 0 Å². The summed E-state index contributed by atoms with van der Waals surface area (Å²) in [5.74, 6) is -1.07. The molecule has 42 heavy (non-hydrogen) atoms. The van der Waals surface area contributed by atoms with Gasteiger partial charge in [0.2, 0.25) is 12.3 Å². The Hall–Kier alpha value is -4.06. The largest absolute Gasteiger partial charge is 0.465 e. The monoisotopic (exact) mass is 600 g/mol. The molecule has 0 radical (unpaired) electrons. The highest BCUT2D eigenvalue weighted by molar-refractivity contribution is 7.81. The second kappa shape index (κ2) is 14.2. The van der Waals surface area contributed by atoms with Crippen LogP contribution in [0.1, 0.15) is 73.4 Å². The van der Waals surface area contributed by atoms with E-state index in [2.05, 4.69) is 29.0 Å². The molecular weight excluding hydrogens is 560 g/mol. The minimum Gasteiger partial charge on any atom is -0.465 e. The average molecular weight is 601 g/mol. The van der Waals surface area contributed by atoms with E-state index in [9.17, 15) is 19.2 Å². The number of rotatable bonds is 6. The van der Waals surface area contributed by atoms with Crippen molar-refractivity contribution in [3.05, 3.63) is 64.7 Å². The van der Waals surface area contributed by atoms with Gasteiger partial charge in [-0.2, -0.15) is 12.6 Å². The van der Waals surface area contributed by atoms with Gasteiger partial charge in [0, 0.05) is 28.6 Å². The van der Waals surface area contributed by atoms with E-state index in [1.54, 1.807) is 51.7 Å². The third-order valence-electron chi connectivity index (χ3n) is 6.32. The van der Waals surface area contributed by atoms with Gasteiger partial charge in [-0.1, -0.05) is 6.07 Å². The van der Waals surface area contributed by atoms with Gasteiger partial charge in [0.1, 0.15) is 11.6 Å². The molecule has 228 valence electrons. The molecule has 2 aromatic carbocycles. The molecule has 0 saturated carbocycles. The lowest BCUT2D eigenvalue weighted by molar-refractivity contribution is -0.137. The molecule has 0 spiro atoms. The maximum Gasteiger partial charge on any atom is 0.408 e. The van der Waals surface area contributed by atoms with Crippen molar-refractivity contribution in [1.82, 2.24) is 10.2 Å². The number of hydrogen-bond acceptors (Lipinski definition) is 8. The number of fused-ring (bicyclic) bond motifs is 1. The van der Waals surface area contributed by atoms with Crippen LogP contribution in [0.2, 0.25) is 0 Å². The highest BCUT2D eigenvalue weighted by Gasteiger charge is 2.40. The maximum absolute atomic E-state index is 13.7. The maximum atomic E-state index is 13.7.